The van der Waals surface area contributed by atoms with E-state index >= 15 is 0 Å². The van der Waals surface area contributed by atoms with E-state index < -0.39 is 0 Å². The highest BCUT2D eigenvalue weighted by Gasteiger charge is 2.12. The first-order chi connectivity index (χ1) is 6.02. The molecule has 0 aromatic rings. The van der Waals surface area contributed by atoms with Crippen LogP contribution in [0.15, 0.2) is 17.3 Å². The Labute approximate surface area is 81.3 Å². The summed E-state index contributed by atoms with van der Waals surface area (Å²) in [7, 11) is 1.95. The number of hydrogen-bond acceptors (Lipinski definition) is 3. The molecular formula is C10H21N3. The Morgan fingerprint density at radius 3 is 2.54 bits per heavy atom. The number of likely N-dealkylation sites (N-methyl/N-ethyl adjacent to an activating group) is 1. The summed E-state index contributed by atoms with van der Waals surface area (Å²) in [5.41, 5.74) is 4.11. The number of hydrazone groups is 1. The lowest BCUT2D eigenvalue weighted by Gasteiger charge is -2.23. The first-order valence-electron chi connectivity index (χ1n) is 4.60. The van der Waals surface area contributed by atoms with Gasteiger partial charge in [0.2, 0.25) is 0 Å². The van der Waals surface area contributed by atoms with E-state index in [1.807, 2.05) is 33.0 Å². The molecule has 0 radical (unpaired) electrons. The smallest absolute Gasteiger partial charge is 0.0568 e. The minimum atomic E-state index is 0.0830. The van der Waals surface area contributed by atoms with Gasteiger partial charge in [-0.1, -0.05) is 6.08 Å². The fraction of sp³-hybridized carbons (Fsp3) is 0.700. The average molecular weight is 183 g/mol. The first-order valence-corrected chi connectivity index (χ1v) is 4.60. The van der Waals surface area contributed by atoms with E-state index in [2.05, 4.69) is 29.7 Å². The van der Waals surface area contributed by atoms with Crippen LogP contribution in [0.25, 0.3) is 0 Å². The Bertz CT molecular complexity index is 192. The second-order valence-electron chi connectivity index (χ2n) is 3.72. The minimum Gasteiger partial charge on any atom is -0.313 e. The summed E-state index contributed by atoms with van der Waals surface area (Å²) in [4.78, 5) is 0. The monoisotopic (exact) mass is 183 g/mol. The molecule has 0 aliphatic heterocycles. The van der Waals surface area contributed by atoms with Gasteiger partial charge in [0, 0.05) is 5.54 Å². The van der Waals surface area contributed by atoms with Gasteiger partial charge in [-0.05, 0) is 40.8 Å². The van der Waals surface area contributed by atoms with Crippen molar-refractivity contribution in [3.63, 3.8) is 0 Å². The normalized spacial score (nSPS) is 13.8. The molecule has 0 fully saturated rings. The number of nitrogens with one attached hydrogen (secondary N) is 2. The summed E-state index contributed by atoms with van der Waals surface area (Å²) < 4.78 is 0. The van der Waals surface area contributed by atoms with Gasteiger partial charge in [0.1, 0.15) is 0 Å². The maximum Gasteiger partial charge on any atom is 0.0568 e. The topological polar surface area (TPSA) is 36.4 Å². The molecule has 76 valence electrons. The molecule has 13 heavy (non-hydrogen) atoms. The van der Waals surface area contributed by atoms with Crippen LogP contribution >= 0.6 is 0 Å². The van der Waals surface area contributed by atoms with Crippen LogP contribution in [-0.4, -0.2) is 24.8 Å². The maximum absolute atomic E-state index is 4.19. The van der Waals surface area contributed by atoms with Gasteiger partial charge < -0.3 is 10.7 Å². The fourth-order valence-corrected chi connectivity index (χ4v) is 0.729. The van der Waals surface area contributed by atoms with E-state index in [1.165, 1.54) is 0 Å². The van der Waals surface area contributed by atoms with Crippen molar-refractivity contribution in [3.05, 3.63) is 12.2 Å². The number of nitrogens with zero attached hydrogens (tertiary/aromatic N) is 1. The second-order valence-corrected chi connectivity index (χ2v) is 3.72. The zero-order chi connectivity index (χ0) is 10.3. The van der Waals surface area contributed by atoms with Crippen LogP contribution in [0.3, 0.4) is 0 Å². The van der Waals surface area contributed by atoms with E-state index in [0.29, 0.717) is 0 Å². The molecule has 0 aromatic carbocycles. The van der Waals surface area contributed by atoms with Crippen molar-refractivity contribution in [1.82, 2.24) is 10.7 Å². The van der Waals surface area contributed by atoms with Crippen LogP contribution in [0.4, 0.5) is 0 Å². The molecular weight excluding hydrogens is 162 g/mol. The third-order valence-electron chi connectivity index (χ3n) is 1.86. The van der Waals surface area contributed by atoms with Crippen molar-refractivity contribution in [2.45, 2.75) is 33.2 Å². The fourth-order valence-electron chi connectivity index (χ4n) is 0.729. The quantitative estimate of drug-likeness (QED) is 0.501. The van der Waals surface area contributed by atoms with Crippen LogP contribution < -0.4 is 10.7 Å². The molecule has 0 bridgehead atoms. The standard InChI is InChI=1S/C10H21N3/c1-6-7-9(2)13-12-8-10(3,4)11-5/h6-7,11-12H,8H2,1-5H3/b7-6-,13-9-. The molecule has 0 spiro atoms. The van der Waals surface area contributed by atoms with Gasteiger partial charge in [0.15, 0.2) is 0 Å². The third-order valence-corrected chi connectivity index (χ3v) is 1.86. The minimum absolute atomic E-state index is 0.0830. The molecule has 3 heteroatoms. The van der Waals surface area contributed by atoms with E-state index in [-0.39, 0.29) is 5.54 Å². The van der Waals surface area contributed by atoms with E-state index in [0.717, 1.165) is 12.3 Å². The van der Waals surface area contributed by atoms with Crippen molar-refractivity contribution in [2.24, 2.45) is 5.10 Å². The van der Waals surface area contributed by atoms with Crippen molar-refractivity contribution in [2.75, 3.05) is 13.6 Å². The van der Waals surface area contributed by atoms with E-state index in [1.54, 1.807) is 0 Å². The third kappa shape index (κ3) is 6.34. The largest absolute Gasteiger partial charge is 0.313 e. The van der Waals surface area contributed by atoms with Crippen LogP contribution in [-0.2, 0) is 0 Å². The molecule has 0 saturated heterocycles. The molecule has 3 nitrogen and oxygen atoms in total. The predicted molar refractivity (Wildman–Crippen MR) is 59.1 cm³/mol. The molecule has 0 atom stereocenters. The molecule has 0 saturated carbocycles. The molecule has 0 heterocycles. The second kappa shape index (κ2) is 5.75. The number of rotatable bonds is 5. The highest BCUT2D eigenvalue weighted by Crippen LogP contribution is 1.97. The molecule has 0 aromatic heterocycles. The van der Waals surface area contributed by atoms with Crippen LogP contribution in [0.1, 0.15) is 27.7 Å². The molecule has 2 N–H and O–H groups in total. The highest BCUT2D eigenvalue weighted by molar-refractivity contribution is 5.92. The molecule has 0 aliphatic carbocycles. The van der Waals surface area contributed by atoms with Gasteiger partial charge in [-0.3, -0.25) is 0 Å². The van der Waals surface area contributed by atoms with Gasteiger partial charge in [-0.2, -0.15) is 5.10 Å². The summed E-state index contributed by atoms with van der Waals surface area (Å²) in [6.07, 6.45) is 3.95. The molecule has 0 amide bonds. The molecule has 0 unspecified atom stereocenters. The van der Waals surface area contributed by atoms with Crippen LogP contribution in [0, 0.1) is 0 Å². The Morgan fingerprint density at radius 2 is 2.08 bits per heavy atom. The van der Waals surface area contributed by atoms with Crippen molar-refractivity contribution < 1.29 is 0 Å². The molecule has 0 rings (SSSR count). The summed E-state index contributed by atoms with van der Waals surface area (Å²) >= 11 is 0. The van der Waals surface area contributed by atoms with E-state index in [4.69, 9.17) is 0 Å². The lowest BCUT2D eigenvalue weighted by atomic mass is 10.1. The number of hydrogen-bond donors (Lipinski definition) is 2. The molecule has 0 aliphatic rings. The first kappa shape index (κ1) is 12.2. The summed E-state index contributed by atoms with van der Waals surface area (Å²) in [6.45, 7) is 9.02. The zero-order valence-electron chi connectivity index (χ0n) is 9.31. The van der Waals surface area contributed by atoms with E-state index in [9.17, 15) is 0 Å². The van der Waals surface area contributed by atoms with Crippen LogP contribution in [0.5, 0.6) is 0 Å². The van der Waals surface area contributed by atoms with Crippen molar-refractivity contribution >= 4 is 5.71 Å². The highest BCUT2D eigenvalue weighted by atomic mass is 15.3. The van der Waals surface area contributed by atoms with Crippen molar-refractivity contribution in [3.8, 4) is 0 Å². The van der Waals surface area contributed by atoms with Gasteiger partial charge in [-0.15, -0.1) is 0 Å². The zero-order valence-corrected chi connectivity index (χ0v) is 9.31. The summed E-state index contributed by atoms with van der Waals surface area (Å²) in [5.74, 6) is 0. The lowest BCUT2D eigenvalue weighted by molar-refractivity contribution is 0.399. The lowest BCUT2D eigenvalue weighted by Crippen LogP contribution is -2.44. The summed E-state index contributed by atoms with van der Waals surface area (Å²) in [6, 6.07) is 0. The predicted octanol–water partition coefficient (Wildman–Crippen LogP) is 1.53. The number of allylic oxidation sites excluding steroid dienone is 2. The van der Waals surface area contributed by atoms with Gasteiger partial charge in [0.25, 0.3) is 0 Å². The average Bonchev–Trinajstić information content (AvgIpc) is 2.05. The van der Waals surface area contributed by atoms with Gasteiger partial charge in [-0.25, -0.2) is 0 Å². The van der Waals surface area contributed by atoms with Gasteiger partial charge >= 0.3 is 0 Å². The summed E-state index contributed by atoms with van der Waals surface area (Å²) in [5, 5.41) is 7.38. The maximum atomic E-state index is 4.19. The Hall–Kier alpha value is -0.830. The van der Waals surface area contributed by atoms with Crippen LogP contribution in [0.2, 0.25) is 0 Å². The van der Waals surface area contributed by atoms with Crippen molar-refractivity contribution in [1.29, 1.82) is 0 Å². The Kier molecular flexibility index (Phi) is 5.39. The SMILES string of the molecule is C/C=C\C(C)=N/NCC(C)(C)NC. The Morgan fingerprint density at radius 1 is 1.46 bits per heavy atom. The van der Waals surface area contributed by atoms with Gasteiger partial charge in [0.05, 0.1) is 12.3 Å². The Balaban J connectivity index is 3.84.